The molecule has 108 valence electrons. The maximum atomic E-state index is 13.3. The van der Waals surface area contributed by atoms with Gasteiger partial charge in [0, 0.05) is 0 Å². The molecule has 1 atom stereocenters. The van der Waals surface area contributed by atoms with Crippen molar-refractivity contribution >= 4 is 27.3 Å². The van der Waals surface area contributed by atoms with Crippen molar-refractivity contribution in [2.45, 2.75) is 12.2 Å². The summed E-state index contributed by atoms with van der Waals surface area (Å²) in [7, 11) is 0. The summed E-state index contributed by atoms with van der Waals surface area (Å²) >= 11 is 4.65. The smallest absolute Gasteiger partial charge is 0.271 e. The van der Waals surface area contributed by atoms with Gasteiger partial charge in [-0.25, -0.2) is 9.82 Å². The molecule has 8 heteroatoms. The summed E-state index contributed by atoms with van der Waals surface area (Å²) in [6.45, 7) is 0. The zero-order valence-corrected chi connectivity index (χ0v) is 12.2. The quantitative estimate of drug-likeness (QED) is 0.483. The van der Waals surface area contributed by atoms with E-state index < -0.39 is 23.6 Å². The molecule has 2 nitrogen and oxygen atoms in total. The number of nitrogens with two attached hydrogens (primary N) is 1. The highest BCUT2D eigenvalue weighted by atomic mass is 79.9. The average molecular weight is 369 g/mol. The van der Waals surface area contributed by atoms with E-state index in [0.717, 1.165) is 15.9 Å². The largest absolute Gasteiger partial charge is 0.419 e. The normalized spacial score (nSPS) is 13.5. The molecule has 0 spiro atoms. The molecule has 0 saturated heterocycles. The molecule has 0 amide bonds. The van der Waals surface area contributed by atoms with Crippen molar-refractivity contribution in [1.29, 1.82) is 0 Å². The summed E-state index contributed by atoms with van der Waals surface area (Å²) in [6, 6.07) is 3.95. The Bertz CT molecular complexity index is 612. The van der Waals surface area contributed by atoms with Crippen LogP contribution in [0.2, 0.25) is 0 Å². The summed E-state index contributed by atoms with van der Waals surface area (Å²) in [5, 5.41) is 1.76. The van der Waals surface area contributed by atoms with E-state index in [-0.39, 0.29) is 5.56 Å². The number of thiophene rings is 1. The fourth-order valence-electron chi connectivity index (χ4n) is 1.80. The zero-order valence-electron chi connectivity index (χ0n) is 9.84. The van der Waals surface area contributed by atoms with Crippen molar-refractivity contribution in [3.63, 3.8) is 0 Å². The van der Waals surface area contributed by atoms with Crippen molar-refractivity contribution in [2.75, 3.05) is 0 Å². The SMILES string of the molecule is NNC(c1csc(Br)c1)c1ccc(F)c(C(F)(F)F)c1. The third-order valence-electron chi connectivity index (χ3n) is 2.72. The predicted octanol–water partition coefficient (Wildman–Crippen LogP) is 4.22. The van der Waals surface area contributed by atoms with Gasteiger partial charge in [0.05, 0.1) is 15.4 Å². The van der Waals surface area contributed by atoms with Crippen LogP contribution >= 0.6 is 27.3 Å². The van der Waals surface area contributed by atoms with Crippen molar-refractivity contribution in [2.24, 2.45) is 5.84 Å². The molecule has 1 aromatic carbocycles. The van der Waals surface area contributed by atoms with Gasteiger partial charge in [0.1, 0.15) is 5.82 Å². The minimum Gasteiger partial charge on any atom is -0.271 e. The Balaban J connectivity index is 2.46. The second-order valence-electron chi connectivity index (χ2n) is 4.02. The molecule has 0 bridgehead atoms. The Kier molecular flexibility index (Phi) is 4.48. The Morgan fingerprint density at radius 3 is 2.40 bits per heavy atom. The average Bonchev–Trinajstić information content (AvgIpc) is 2.77. The van der Waals surface area contributed by atoms with Crippen LogP contribution in [0, 0.1) is 5.82 Å². The molecule has 3 N–H and O–H groups in total. The highest BCUT2D eigenvalue weighted by molar-refractivity contribution is 9.11. The van der Waals surface area contributed by atoms with Crippen LogP contribution in [0.5, 0.6) is 0 Å². The van der Waals surface area contributed by atoms with Crippen LogP contribution in [0.15, 0.2) is 33.4 Å². The lowest BCUT2D eigenvalue weighted by molar-refractivity contribution is -0.140. The third kappa shape index (κ3) is 3.20. The molecule has 20 heavy (non-hydrogen) atoms. The first-order chi connectivity index (χ1) is 9.32. The number of alkyl halides is 3. The lowest BCUT2D eigenvalue weighted by atomic mass is 9.99. The third-order valence-corrected chi connectivity index (χ3v) is 4.24. The van der Waals surface area contributed by atoms with Crippen molar-refractivity contribution in [1.82, 2.24) is 5.43 Å². The molecule has 0 aliphatic rings. The fourth-order valence-corrected chi connectivity index (χ4v) is 3.00. The molecule has 2 rings (SSSR count). The maximum Gasteiger partial charge on any atom is 0.419 e. The standard InChI is InChI=1S/C12H9BrF4N2S/c13-10-4-7(5-20-10)11(19-18)6-1-2-9(14)8(3-6)12(15,16)17/h1-5,11,19H,18H2. The summed E-state index contributed by atoms with van der Waals surface area (Å²) < 4.78 is 52.2. The lowest BCUT2D eigenvalue weighted by Crippen LogP contribution is -2.28. The second-order valence-corrected chi connectivity index (χ2v) is 6.31. The van der Waals surface area contributed by atoms with Crippen LogP contribution in [-0.4, -0.2) is 0 Å². The van der Waals surface area contributed by atoms with Gasteiger partial charge in [0.2, 0.25) is 0 Å². The minimum atomic E-state index is -4.74. The Labute approximate surface area is 124 Å². The van der Waals surface area contributed by atoms with Gasteiger partial charge >= 0.3 is 6.18 Å². The summed E-state index contributed by atoms with van der Waals surface area (Å²) in [5.74, 6) is 4.11. The van der Waals surface area contributed by atoms with Gasteiger partial charge in [0.15, 0.2) is 0 Å². The number of nitrogens with one attached hydrogen (secondary N) is 1. The molecule has 0 saturated carbocycles. The molecule has 0 radical (unpaired) electrons. The number of hydrogen-bond donors (Lipinski definition) is 2. The van der Waals surface area contributed by atoms with E-state index in [1.165, 1.54) is 17.4 Å². The monoisotopic (exact) mass is 368 g/mol. The molecule has 0 aliphatic carbocycles. The highest BCUT2D eigenvalue weighted by Crippen LogP contribution is 2.35. The zero-order chi connectivity index (χ0) is 14.9. The van der Waals surface area contributed by atoms with Crippen LogP contribution in [0.4, 0.5) is 17.6 Å². The number of hydrogen-bond acceptors (Lipinski definition) is 3. The first-order valence-electron chi connectivity index (χ1n) is 5.39. The van der Waals surface area contributed by atoms with Crippen molar-refractivity contribution < 1.29 is 17.6 Å². The van der Waals surface area contributed by atoms with E-state index in [4.69, 9.17) is 5.84 Å². The molecular formula is C12H9BrF4N2S. The predicted molar refractivity (Wildman–Crippen MR) is 72.6 cm³/mol. The van der Waals surface area contributed by atoms with Gasteiger partial charge in [-0.15, -0.1) is 11.3 Å². The number of hydrazine groups is 1. The first kappa shape index (κ1) is 15.4. The Morgan fingerprint density at radius 2 is 1.90 bits per heavy atom. The Morgan fingerprint density at radius 1 is 1.20 bits per heavy atom. The van der Waals surface area contributed by atoms with Gasteiger partial charge in [0.25, 0.3) is 0 Å². The highest BCUT2D eigenvalue weighted by Gasteiger charge is 2.34. The van der Waals surface area contributed by atoms with Crippen molar-refractivity contribution in [3.05, 3.63) is 55.9 Å². The van der Waals surface area contributed by atoms with Gasteiger partial charge in [-0.05, 0) is 50.6 Å². The van der Waals surface area contributed by atoms with E-state index in [9.17, 15) is 17.6 Å². The van der Waals surface area contributed by atoms with Crippen LogP contribution in [-0.2, 0) is 6.18 Å². The van der Waals surface area contributed by atoms with Gasteiger partial charge in [-0.3, -0.25) is 5.84 Å². The summed E-state index contributed by atoms with van der Waals surface area (Å²) in [6.07, 6.45) is -4.74. The number of rotatable bonds is 3. The van der Waals surface area contributed by atoms with Crippen LogP contribution in [0.1, 0.15) is 22.7 Å². The second kappa shape index (κ2) is 5.80. The van der Waals surface area contributed by atoms with Gasteiger partial charge in [-0.1, -0.05) is 6.07 Å². The molecule has 0 fully saturated rings. The van der Waals surface area contributed by atoms with E-state index in [1.807, 2.05) is 0 Å². The molecule has 1 heterocycles. The topological polar surface area (TPSA) is 38.0 Å². The fraction of sp³-hybridized carbons (Fsp3) is 0.167. The van der Waals surface area contributed by atoms with E-state index >= 15 is 0 Å². The van der Waals surface area contributed by atoms with Crippen LogP contribution in [0.25, 0.3) is 0 Å². The van der Waals surface area contributed by atoms with Gasteiger partial charge < -0.3 is 0 Å². The van der Waals surface area contributed by atoms with Crippen LogP contribution in [0.3, 0.4) is 0 Å². The minimum absolute atomic E-state index is 0.242. The maximum absolute atomic E-state index is 13.3. The summed E-state index contributed by atoms with van der Waals surface area (Å²) in [4.78, 5) is 0. The molecular weight excluding hydrogens is 360 g/mol. The lowest BCUT2D eigenvalue weighted by Gasteiger charge is -2.17. The first-order valence-corrected chi connectivity index (χ1v) is 7.07. The Hall–Kier alpha value is -0.960. The van der Waals surface area contributed by atoms with Crippen molar-refractivity contribution in [3.8, 4) is 0 Å². The molecule has 2 aromatic rings. The van der Waals surface area contributed by atoms with E-state index in [1.54, 1.807) is 11.4 Å². The number of benzene rings is 1. The molecule has 1 aromatic heterocycles. The van der Waals surface area contributed by atoms with E-state index in [2.05, 4.69) is 21.4 Å². The summed E-state index contributed by atoms with van der Waals surface area (Å²) in [5.41, 5.74) is 2.08. The molecule has 0 aliphatic heterocycles. The van der Waals surface area contributed by atoms with Gasteiger partial charge in [-0.2, -0.15) is 13.2 Å². The number of halogens is 5. The van der Waals surface area contributed by atoms with Crippen LogP contribution < -0.4 is 11.3 Å². The molecule has 1 unspecified atom stereocenters. The van der Waals surface area contributed by atoms with E-state index in [0.29, 0.717) is 5.56 Å².